The number of aliphatic imine (C=N–C) groups is 1. The Balaban J connectivity index is 1.50. The van der Waals surface area contributed by atoms with Crippen LogP contribution in [-0.2, 0) is 16.0 Å². The van der Waals surface area contributed by atoms with Gasteiger partial charge in [-0.3, -0.25) is 4.99 Å². The molecule has 148 valence electrons. The number of rotatable bonds is 7. The molecule has 0 spiro atoms. The molecule has 0 aromatic heterocycles. The van der Waals surface area contributed by atoms with E-state index < -0.39 is 0 Å². The second-order valence-electron chi connectivity index (χ2n) is 7.00. The van der Waals surface area contributed by atoms with Crippen molar-refractivity contribution in [3.8, 4) is 5.75 Å². The van der Waals surface area contributed by atoms with Crippen LogP contribution in [0.25, 0.3) is 0 Å². The van der Waals surface area contributed by atoms with Crippen molar-refractivity contribution in [2.45, 2.75) is 38.8 Å². The van der Waals surface area contributed by atoms with E-state index >= 15 is 0 Å². The van der Waals surface area contributed by atoms with Crippen LogP contribution in [0.3, 0.4) is 0 Å². The van der Waals surface area contributed by atoms with E-state index in [2.05, 4.69) is 46.8 Å². The first-order valence-electron chi connectivity index (χ1n) is 9.78. The topological polar surface area (TPSA) is 64.1 Å². The molecule has 0 bridgehead atoms. The summed E-state index contributed by atoms with van der Waals surface area (Å²) < 4.78 is 16.9. The van der Waals surface area contributed by atoms with Gasteiger partial charge in [-0.15, -0.1) is 0 Å². The third-order valence-electron chi connectivity index (χ3n) is 4.87. The maximum atomic E-state index is 6.17. The molecule has 2 N–H and O–H groups in total. The molecule has 27 heavy (non-hydrogen) atoms. The number of ether oxygens (including phenoxy) is 3. The van der Waals surface area contributed by atoms with Crippen molar-refractivity contribution >= 4 is 5.96 Å². The summed E-state index contributed by atoms with van der Waals surface area (Å²) in [6.45, 7) is 6.64. The molecule has 2 aliphatic heterocycles. The summed E-state index contributed by atoms with van der Waals surface area (Å²) in [5, 5.41) is 6.78. The Morgan fingerprint density at radius 3 is 2.93 bits per heavy atom. The number of aryl methyl sites for hydroxylation is 1. The van der Waals surface area contributed by atoms with E-state index in [-0.39, 0.29) is 6.10 Å². The van der Waals surface area contributed by atoms with Gasteiger partial charge in [-0.2, -0.15) is 0 Å². The van der Waals surface area contributed by atoms with Gasteiger partial charge in [0.05, 0.1) is 26.4 Å². The molecule has 1 saturated heterocycles. The Morgan fingerprint density at radius 2 is 2.19 bits per heavy atom. The predicted molar refractivity (Wildman–Crippen MR) is 107 cm³/mol. The third-order valence-corrected chi connectivity index (χ3v) is 4.87. The van der Waals surface area contributed by atoms with E-state index in [1.54, 1.807) is 7.05 Å². The first-order valence-corrected chi connectivity index (χ1v) is 9.78. The van der Waals surface area contributed by atoms with Crippen LogP contribution in [-0.4, -0.2) is 52.1 Å². The van der Waals surface area contributed by atoms with Crippen molar-refractivity contribution in [3.63, 3.8) is 0 Å². The van der Waals surface area contributed by atoms with Gasteiger partial charge in [-0.05, 0) is 31.4 Å². The molecule has 3 rings (SSSR count). The van der Waals surface area contributed by atoms with Gasteiger partial charge in [0.1, 0.15) is 11.9 Å². The largest absolute Gasteiger partial charge is 0.488 e. The Bertz CT molecular complexity index is 667. The highest BCUT2D eigenvalue weighted by molar-refractivity contribution is 5.79. The lowest BCUT2D eigenvalue weighted by molar-refractivity contribution is 0.140. The Morgan fingerprint density at radius 1 is 1.26 bits per heavy atom. The molecular formula is C21H31N3O3. The molecule has 1 aromatic carbocycles. The van der Waals surface area contributed by atoms with E-state index in [9.17, 15) is 0 Å². The first-order chi connectivity index (χ1) is 13.2. The van der Waals surface area contributed by atoms with Crippen molar-refractivity contribution in [2.24, 2.45) is 4.99 Å². The fourth-order valence-electron chi connectivity index (χ4n) is 3.24. The molecule has 1 fully saturated rings. The summed E-state index contributed by atoms with van der Waals surface area (Å²) >= 11 is 0. The van der Waals surface area contributed by atoms with Gasteiger partial charge in [-0.25, -0.2) is 0 Å². The van der Waals surface area contributed by atoms with Crippen LogP contribution in [0.15, 0.2) is 34.8 Å². The SMILES string of the molecule is CN=C(NCCC1=CCOCC1)NCc1ccc(C)cc1OC1CCOC1. The zero-order valence-corrected chi connectivity index (χ0v) is 16.4. The van der Waals surface area contributed by atoms with Gasteiger partial charge >= 0.3 is 0 Å². The minimum absolute atomic E-state index is 0.149. The molecule has 1 atom stereocenters. The minimum atomic E-state index is 0.149. The van der Waals surface area contributed by atoms with Crippen molar-refractivity contribution in [1.29, 1.82) is 0 Å². The highest BCUT2D eigenvalue weighted by atomic mass is 16.5. The standard InChI is InChI=1S/C21H31N3O3/c1-16-3-4-18(20(13-16)27-19-8-12-26-15-19)14-24-21(22-2)23-9-5-17-6-10-25-11-7-17/h3-4,6,13,19H,5,7-12,14-15H2,1-2H3,(H2,22,23,24). The molecule has 6 heteroatoms. The van der Waals surface area contributed by atoms with Crippen molar-refractivity contribution in [3.05, 3.63) is 41.0 Å². The number of hydrogen-bond donors (Lipinski definition) is 2. The van der Waals surface area contributed by atoms with Crippen LogP contribution in [0.1, 0.15) is 30.4 Å². The number of hydrogen-bond acceptors (Lipinski definition) is 4. The Kier molecular flexibility index (Phi) is 7.54. The van der Waals surface area contributed by atoms with Gasteiger partial charge in [-0.1, -0.05) is 23.8 Å². The zero-order chi connectivity index (χ0) is 18.9. The second kappa shape index (κ2) is 10.3. The summed E-state index contributed by atoms with van der Waals surface area (Å²) in [4.78, 5) is 4.33. The molecular weight excluding hydrogens is 342 g/mol. The lowest BCUT2D eigenvalue weighted by Gasteiger charge is -2.18. The molecule has 0 radical (unpaired) electrons. The summed E-state index contributed by atoms with van der Waals surface area (Å²) in [6, 6.07) is 6.33. The summed E-state index contributed by atoms with van der Waals surface area (Å²) in [6.07, 6.45) is 5.33. The lowest BCUT2D eigenvalue weighted by atomic mass is 10.1. The van der Waals surface area contributed by atoms with Crippen LogP contribution in [0.5, 0.6) is 5.75 Å². The fourth-order valence-corrected chi connectivity index (χ4v) is 3.24. The van der Waals surface area contributed by atoms with Crippen molar-refractivity contribution in [2.75, 3.05) is 40.0 Å². The maximum absolute atomic E-state index is 6.17. The van der Waals surface area contributed by atoms with Crippen LogP contribution in [0.2, 0.25) is 0 Å². The molecule has 1 unspecified atom stereocenters. The van der Waals surface area contributed by atoms with Gasteiger partial charge in [0.15, 0.2) is 5.96 Å². The molecule has 1 aromatic rings. The van der Waals surface area contributed by atoms with Gasteiger partial charge in [0.25, 0.3) is 0 Å². The van der Waals surface area contributed by atoms with Crippen molar-refractivity contribution < 1.29 is 14.2 Å². The number of benzene rings is 1. The second-order valence-corrected chi connectivity index (χ2v) is 7.00. The maximum Gasteiger partial charge on any atom is 0.191 e. The predicted octanol–water partition coefficient (Wildman–Crippen LogP) is 2.56. The molecule has 6 nitrogen and oxygen atoms in total. The molecule has 0 aliphatic carbocycles. The Labute approximate surface area is 162 Å². The van der Waals surface area contributed by atoms with Crippen LogP contribution < -0.4 is 15.4 Å². The van der Waals surface area contributed by atoms with E-state index in [4.69, 9.17) is 14.2 Å². The van der Waals surface area contributed by atoms with Gasteiger partial charge in [0, 0.05) is 32.1 Å². The van der Waals surface area contributed by atoms with Gasteiger partial charge < -0.3 is 24.8 Å². The quantitative estimate of drug-likeness (QED) is 0.437. The van der Waals surface area contributed by atoms with Crippen molar-refractivity contribution in [1.82, 2.24) is 10.6 Å². The third kappa shape index (κ3) is 6.26. The van der Waals surface area contributed by atoms with Gasteiger partial charge in [0.2, 0.25) is 0 Å². The van der Waals surface area contributed by atoms with E-state index in [0.717, 1.165) is 62.9 Å². The normalized spacial score (nSPS) is 20.3. The monoisotopic (exact) mass is 373 g/mol. The number of nitrogens with zero attached hydrogens (tertiary/aromatic N) is 1. The highest BCUT2D eigenvalue weighted by Crippen LogP contribution is 2.23. The summed E-state index contributed by atoms with van der Waals surface area (Å²) in [5.41, 5.74) is 3.78. The van der Waals surface area contributed by atoms with E-state index in [0.29, 0.717) is 13.2 Å². The highest BCUT2D eigenvalue weighted by Gasteiger charge is 2.18. The van der Waals surface area contributed by atoms with Crippen LogP contribution in [0, 0.1) is 6.92 Å². The average Bonchev–Trinajstić information content (AvgIpc) is 3.19. The van der Waals surface area contributed by atoms with Crippen LogP contribution >= 0.6 is 0 Å². The zero-order valence-electron chi connectivity index (χ0n) is 16.4. The molecule has 2 aliphatic rings. The molecule has 2 heterocycles. The lowest BCUT2D eigenvalue weighted by Crippen LogP contribution is -2.37. The van der Waals surface area contributed by atoms with E-state index in [1.165, 1.54) is 11.1 Å². The number of guanidine groups is 1. The van der Waals surface area contributed by atoms with E-state index in [1.807, 2.05) is 0 Å². The molecule has 0 amide bonds. The molecule has 0 saturated carbocycles. The average molecular weight is 373 g/mol. The number of nitrogens with one attached hydrogen (secondary N) is 2. The fraction of sp³-hybridized carbons (Fsp3) is 0.571. The first kappa shape index (κ1) is 19.7. The minimum Gasteiger partial charge on any atom is -0.488 e. The summed E-state index contributed by atoms with van der Waals surface area (Å²) in [7, 11) is 1.80. The van der Waals surface area contributed by atoms with Crippen LogP contribution in [0.4, 0.5) is 0 Å². The smallest absolute Gasteiger partial charge is 0.191 e. The Hall–Kier alpha value is -2.05. The summed E-state index contributed by atoms with van der Waals surface area (Å²) in [5.74, 6) is 1.74.